The van der Waals surface area contributed by atoms with E-state index in [9.17, 15) is 0 Å². The minimum atomic E-state index is 0. The van der Waals surface area contributed by atoms with Crippen LogP contribution in [-0.2, 0) is 14.2 Å². The van der Waals surface area contributed by atoms with Crippen molar-refractivity contribution in [1.29, 1.82) is 0 Å². The number of rotatable bonds is 9. The second-order valence-corrected chi connectivity index (χ2v) is 7.96. The lowest BCUT2D eigenvalue weighted by Crippen LogP contribution is -2.39. The second kappa shape index (κ2) is 14.2. The molecule has 1 aromatic rings. The Kier molecular flexibility index (Phi) is 12.0. The Hall–Kier alpha value is -0.900. The lowest BCUT2D eigenvalue weighted by atomic mass is 9.89. The number of aliphatic imine (C=N–C) groups is 1. The summed E-state index contributed by atoms with van der Waals surface area (Å²) in [7, 11) is 0. The number of aryl methyl sites for hydroxylation is 1. The van der Waals surface area contributed by atoms with Crippen LogP contribution in [0.5, 0.6) is 0 Å². The zero-order valence-corrected chi connectivity index (χ0v) is 20.7. The van der Waals surface area contributed by atoms with Crippen LogP contribution >= 0.6 is 24.0 Å². The van der Waals surface area contributed by atoms with Crippen molar-refractivity contribution < 1.29 is 14.2 Å². The Morgan fingerprint density at radius 2 is 2.00 bits per heavy atom. The minimum Gasteiger partial charge on any atom is -0.379 e. The molecule has 0 aromatic heterocycles. The highest BCUT2D eigenvalue weighted by atomic mass is 127. The molecule has 170 valence electrons. The average Bonchev–Trinajstić information content (AvgIpc) is 3.26. The smallest absolute Gasteiger partial charge is 0.191 e. The van der Waals surface area contributed by atoms with E-state index < -0.39 is 0 Å². The van der Waals surface area contributed by atoms with E-state index >= 15 is 0 Å². The lowest BCUT2D eigenvalue weighted by Gasteiger charge is -2.31. The van der Waals surface area contributed by atoms with Crippen LogP contribution in [0.4, 0.5) is 0 Å². The number of ether oxygens (including phenoxy) is 3. The molecule has 0 amide bonds. The highest BCUT2D eigenvalue weighted by Crippen LogP contribution is 2.33. The number of nitrogens with zero attached hydrogens (tertiary/aromatic N) is 1. The Labute approximate surface area is 198 Å². The Morgan fingerprint density at radius 1 is 1.17 bits per heavy atom. The van der Waals surface area contributed by atoms with E-state index in [0.29, 0.717) is 5.92 Å². The van der Waals surface area contributed by atoms with Crippen molar-refractivity contribution in [3.8, 4) is 0 Å². The molecule has 0 bridgehead atoms. The highest BCUT2D eigenvalue weighted by Gasteiger charge is 2.27. The molecule has 0 saturated carbocycles. The maximum atomic E-state index is 6.13. The van der Waals surface area contributed by atoms with Gasteiger partial charge in [0.2, 0.25) is 0 Å². The maximum Gasteiger partial charge on any atom is 0.191 e. The van der Waals surface area contributed by atoms with Crippen LogP contribution in [0, 0.1) is 12.8 Å². The molecule has 7 heteroatoms. The Morgan fingerprint density at radius 3 is 2.73 bits per heavy atom. The largest absolute Gasteiger partial charge is 0.379 e. The first-order valence-corrected chi connectivity index (χ1v) is 11.2. The van der Waals surface area contributed by atoms with E-state index in [1.54, 1.807) is 0 Å². The minimum absolute atomic E-state index is 0. The van der Waals surface area contributed by atoms with Crippen molar-refractivity contribution in [2.24, 2.45) is 10.9 Å². The molecule has 2 aliphatic rings. The highest BCUT2D eigenvalue weighted by molar-refractivity contribution is 14.0. The number of hydrogen-bond donors (Lipinski definition) is 2. The fourth-order valence-electron chi connectivity index (χ4n) is 3.88. The molecule has 2 saturated heterocycles. The number of hydrogen-bond acceptors (Lipinski definition) is 4. The number of guanidine groups is 1. The first-order chi connectivity index (χ1) is 14.3. The second-order valence-electron chi connectivity index (χ2n) is 7.96. The molecule has 1 aromatic carbocycles. The third-order valence-electron chi connectivity index (χ3n) is 5.53. The summed E-state index contributed by atoms with van der Waals surface area (Å²) in [5.74, 6) is 1.29. The summed E-state index contributed by atoms with van der Waals surface area (Å²) in [5.41, 5.74) is 2.55. The van der Waals surface area contributed by atoms with E-state index in [2.05, 4.69) is 48.7 Å². The molecule has 3 unspecified atom stereocenters. The molecular formula is C23H38IN3O3. The van der Waals surface area contributed by atoms with Gasteiger partial charge < -0.3 is 24.8 Å². The molecule has 2 fully saturated rings. The van der Waals surface area contributed by atoms with Gasteiger partial charge in [-0.25, -0.2) is 0 Å². The normalized spacial score (nSPS) is 24.3. The van der Waals surface area contributed by atoms with Crippen molar-refractivity contribution in [2.75, 3.05) is 46.1 Å². The van der Waals surface area contributed by atoms with E-state index in [1.165, 1.54) is 11.1 Å². The van der Waals surface area contributed by atoms with Gasteiger partial charge in [0.05, 0.1) is 18.8 Å². The molecule has 2 aliphatic heterocycles. The molecule has 6 nitrogen and oxygen atoms in total. The molecule has 2 heterocycles. The zero-order chi connectivity index (χ0) is 20.3. The van der Waals surface area contributed by atoms with Gasteiger partial charge in [-0.2, -0.15) is 0 Å². The van der Waals surface area contributed by atoms with Crippen LogP contribution in [0.25, 0.3) is 0 Å². The van der Waals surface area contributed by atoms with Crippen molar-refractivity contribution in [3.63, 3.8) is 0 Å². The summed E-state index contributed by atoms with van der Waals surface area (Å²) in [4.78, 5) is 4.86. The molecule has 0 spiro atoms. The van der Waals surface area contributed by atoms with Gasteiger partial charge in [0, 0.05) is 45.4 Å². The number of halogens is 1. The fraction of sp³-hybridized carbons (Fsp3) is 0.696. The van der Waals surface area contributed by atoms with Crippen molar-refractivity contribution in [1.82, 2.24) is 10.6 Å². The molecule has 3 rings (SSSR count). The zero-order valence-electron chi connectivity index (χ0n) is 18.4. The van der Waals surface area contributed by atoms with Gasteiger partial charge in [0.1, 0.15) is 0 Å². The number of nitrogens with one attached hydrogen (secondary N) is 2. The maximum absolute atomic E-state index is 6.13. The monoisotopic (exact) mass is 531 g/mol. The summed E-state index contributed by atoms with van der Waals surface area (Å²) in [6.07, 6.45) is 4.65. The van der Waals surface area contributed by atoms with E-state index in [-0.39, 0.29) is 36.2 Å². The summed E-state index contributed by atoms with van der Waals surface area (Å²) < 4.78 is 17.3. The van der Waals surface area contributed by atoms with Crippen LogP contribution < -0.4 is 10.6 Å². The van der Waals surface area contributed by atoms with Gasteiger partial charge in [-0.1, -0.05) is 29.8 Å². The van der Waals surface area contributed by atoms with Crippen molar-refractivity contribution in [3.05, 3.63) is 35.4 Å². The molecule has 2 N–H and O–H groups in total. The standard InChI is InChI=1S/C23H37N3O3.HI/c1-3-24-23(25-12-5-14-28-21-11-15-27-17-21)26-16-20-6-4-13-29-22(20)19-9-7-18(2)8-10-19;/h7-10,20-22H,3-6,11-17H2,1-2H3,(H2,24,25,26);1H. The Bertz CT molecular complexity index is 621. The van der Waals surface area contributed by atoms with Crippen LogP contribution in [0.2, 0.25) is 0 Å². The van der Waals surface area contributed by atoms with Gasteiger partial charge in [-0.15, -0.1) is 24.0 Å². The quantitative estimate of drug-likeness (QED) is 0.220. The average molecular weight is 531 g/mol. The van der Waals surface area contributed by atoms with Gasteiger partial charge >= 0.3 is 0 Å². The van der Waals surface area contributed by atoms with Gasteiger partial charge in [-0.05, 0) is 45.1 Å². The SMILES string of the molecule is CCNC(=NCC1CCCOC1c1ccc(C)cc1)NCCCOC1CCOC1.I. The first-order valence-electron chi connectivity index (χ1n) is 11.2. The van der Waals surface area contributed by atoms with Crippen LogP contribution in [0.1, 0.15) is 49.8 Å². The predicted molar refractivity (Wildman–Crippen MR) is 132 cm³/mol. The van der Waals surface area contributed by atoms with E-state index in [1.807, 2.05) is 0 Å². The summed E-state index contributed by atoms with van der Waals surface area (Å²) in [6.45, 7) is 9.84. The predicted octanol–water partition coefficient (Wildman–Crippen LogP) is 3.83. The van der Waals surface area contributed by atoms with Gasteiger partial charge in [0.25, 0.3) is 0 Å². The molecule has 3 atom stereocenters. The van der Waals surface area contributed by atoms with Gasteiger partial charge in [-0.3, -0.25) is 4.99 Å². The Balaban J connectivity index is 0.00000320. The van der Waals surface area contributed by atoms with Crippen LogP contribution in [0.3, 0.4) is 0 Å². The van der Waals surface area contributed by atoms with E-state index in [4.69, 9.17) is 19.2 Å². The van der Waals surface area contributed by atoms with Crippen molar-refractivity contribution in [2.45, 2.75) is 51.7 Å². The third-order valence-corrected chi connectivity index (χ3v) is 5.53. The topological polar surface area (TPSA) is 64.1 Å². The molecule has 0 radical (unpaired) electrons. The molecule has 30 heavy (non-hydrogen) atoms. The van der Waals surface area contributed by atoms with Gasteiger partial charge in [0.15, 0.2) is 5.96 Å². The summed E-state index contributed by atoms with van der Waals surface area (Å²) >= 11 is 0. The van der Waals surface area contributed by atoms with Crippen molar-refractivity contribution >= 4 is 29.9 Å². The summed E-state index contributed by atoms with van der Waals surface area (Å²) in [5, 5.41) is 6.79. The fourth-order valence-corrected chi connectivity index (χ4v) is 3.88. The lowest BCUT2D eigenvalue weighted by molar-refractivity contribution is -0.0250. The molecule has 0 aliphatic carbocycles. The first kappa shape index (κ1) is 25.4. The number of benzene rings is 1. The van der Waals surface area contributed by atoms with Crippen LogP contribution in [-0.4, -0.2) is 58.1 Å². The molecular weight excluding hydrogens is 493 g/mol. The van der Waals surface area contributed by atoms with E-state index in [0.717, 1.165) is 77.7 Å². The summed E-state index contributed by atoms with van der Waals surface area (Å²) in [6, 6.07) is 8.72. The third kappa shape index (κ3) is 8.32. The van der Waals surface area contributed by atoms with Crippen LogP contribution in [0.15, 0.2) is 29.3 Å².